The molecule has 3 unspecified atom stereocenters. The van der Waals surface area contributed by atoms with E-state index in [1.54, 1.807) is 0 Å². The van der Waals surface area contributed by atoms with Crippen LogP contribution in [-0.4, -0.2) is 18.4 Å². The molecule has 0 spiro atoms. The zero-order valence-corrected chi connectivity index (χ0v) is 12.5. The van der Waals surface area contributed by atoms with Crippen molar-refractivity contribution in [1.29, 1.82) is 0 Å². The lowest BCUT2D eigenvalue weighted by atomic mass is 9.71. The molecule has 0 amide bonds. The predicted octanol–water partition coefficient (Wildman–Crippen LogP) is 3.56. The van der Waals surface area contributed by atoms with Gasteiger partial charge in [0.1, 0.15) is 0 Å². The molecule has 2 aliphatic rings. The van der Waals surface area contributed by atoms with Gasteiger partial charge in [-0.3, -0.25) is 4.99 Å². The molecule has 0 aromatic carbocycles. The van der Waals surface area contributed by atoms with Gasteiger partial charge in [0, 0.05) is 0 Å². The maximum absolute atomic E-state index is 4.65. The van der Waals surface area contributed by atoms with Crippen LogP contribution < -0.4 is 5.32 Å². The fraction of sp³-hybridized carbons (Fsp3) is 0.688. The van der Waals surface area contributed by atoms with Gasteiger partial charge in [-0.15, -0.1) is 0 Å². The second-order valence-electron chi connectivity index (χ2n) is 6.93. The van der Waals surface area contributed by atoms with Crippen LogP contribution in [0.15, 0.2) is 28.3 Å². The second-order valence-corrected chi connectivity index (χ2v) is 6.93. The highest BCUT2D eigenvalue weighted by Crippen LogP contribution is 2.41. The molecule has 3 atom stereocenters. The molecule has 0 saturated heterocycles. The van der Waals surface area contributed by atoms with E-state index in [1.807, 2.05) is 6.34 Å². The second kappa shape index (κ2) is 4.56. The smallest absolute Gasteiger partial charge is 0.0974 e. The number of allylic oxidation sites excluding steroid dienone is 2. The Kier molecular flexibility index (Phi) is 3.39. The summed E-state index contributed by atoms with van der Waals surface area (Å²) in [6.45, 7) is 13.9. The van der Waals surface area contributed by atoms with Gasteiger partial charge in [-0.2, -0.15) is 0 Å². The number of hydrogen-bond acceptors (Lipinski definition) is 2. The van der Waals surface area contributed by atoms with Crippen LogP contribution in [0.4, 0.5) is 0 Å². The molecule has 0 bridgehead atoms. The largest absolute Gasteiger partial charge is 0.368 e. The Hall–Kier alpha value is -1.05. The van der Waals surface area contributed by atoms with E-state index in [4.69, 9.17) is 0 Å². The van der Waals surface area contributed by atoms with Crippen LogP contribution in [-0.2, 0) is 0 Å². The van der Waals surface area contributed by atoms with E-state index >= 15 is 0 Å². The Morgan fingerprint density at radius 2 is 1.89 bits per heavy atom. The number of fused-ring (bicyclic) bond motifs is 1. The Labute approximate surface area is 111 Å². The molecule has 0 fully saturated rings. The highest BCUT2D eigenvalue weighted by molar-refractivity contribution is 5.62. The summed E-state index contributed by atoms with van der Waals surface area (Å²) in [5, 5.41) is 3.34. The molecule has 0 radical (unpaired) electrons. The van der Waals surface area contributed by atoms with Gasteiger partial charge < -0.3 is 5.32 Å². The summed E-state index contributed by atoms with van der Waals surface area (Å²) in [5.74, 6) is 1.25. The van der Waals surface area contributed by atoms with Crippen molar-refractivity contribution >= 4 is 6.34 Å². The summed E-state index contributed by atoms with van der Waals surface area (Å²) in [4.78, 5) is 4.65. The number of aliphatic imine (C=N–C) groups is 1. The van der Waals surface area contributed by atoms with E-state index in [0.29, 0.717) is 23.9 Å². The first-order valence-corrected chi connectivity index (χ1v) is 7.03. The Morgan fingerprint density at radius 3 is 2.44 bits per heavy atom. The maximum atomic E-state index is 4.65. The quantitative estimate of drug-likeness (QED) is 0.791. The minimum absolute atomic E-state index is 0.176. The molecule has 100 valence electrons. The van der Waals surface area contributed by atoms with E-state index in [1.165, 1.54) is 11.1 Å². The summed E-state index contributed by atoms with van der Waals surface area (Å²) < 4.78 is 0. The van der Waals surface area contributed by atoms with Gasteiger partial charge in [0.05, 0.1) is 18.4 Å². The topological polar surface area (TPSA) is 24.4 Å². The molecule has 1 aliphatic heterocycles. The summed E-state index contributed by atoms with van der Waals surface area (Å²) >= 11 is 0. The van der Waals surface area contributed by atoms with Crippen molar-refractivity contribution in [3.05, 3.63) is 23.3 Å². The molecule has 1 N–H and O–H groups in total. The van der Waals surface area contributed by atoms with Gasteiger partial charge in [-0.25, -0.2) is 0 Å². The zero-order valence-electron chi connectivity index (χ0n) is 12.5. The average Bonchev–Trinajstić information content (AvgIpc) is 2.72. The summed E-state index contributed by atoms with van der Waals surface area (Å²) in [7, 11) is 0. The lowest BCUT2D eigenvalue weighted by molar-refractivity contribution is 0.411. The van der Waals surface area contributed by atoms with E-state index in [-0.39, 0.29) is 5.41 Å². The minimum atomic E-state index is 0.176. The number of hydrogen-bond donors (Lipinski definition) is 1. The van der Waals surface area contributed by atoms with Crippen LogP contribution in [0.2, 0.25) is 0 Å². The fourth-order valence-electron chi connectivity index (χ4n) is 2.91. The van der Waals surface area contributed by atoms with Crippen LogP contribution in [0.3, 0.4) is 0 Å². The highest BCUT2D eigenvalue weighted by Gasteiger charge is 2.37. The molecule has 18 heavy (non-hydrogen) atoms. The van der Waals surface area contributed by atoms with Crippen LogP contribution in [0.1, 0.15) is 41.5 Å². The fourth-order valence-corrected chi connectivity index (χ4v) is 2.91. The molecular weight excluding hydrogens is 220 g/mol. The monoisotopic (exact) mass is 246 g/mol. The molecule has 1 aliphatic carbocycles. The Bertz CT molecular complexity index is 407. The third kappa shape index (κ3) is 2.25. The lowest BCUT2D eigenvalue weighted by Gasteiger charge is -2.36. The van der Waals surface area contributed by atoms with Crippen molar-refractivity contribution in [2.75, 3.05) is 0 Å². The molecule has 0 aromatic heterocycles. The first kappa shape index (κ1) is 13.4. The predicted molar refractivity (Wildman–Crippen MR) is 78.8 cm³/mol. The van der Waals surface area contributed by atoms with Crippen LogP contribution in [0.25, 0.3) is 0 Å². The first-order valence-electron chi connectivity index (χ1n) is 7.03. The molecule has 2 heteroatoms. The molecule has 0 saturated carbocycles. The van der Waals surface area contributed by atoms with Crippen LogP contribution in [0, 0.1) is 17.3 Å². The van der Waals surface area contributed by atoms with Crippen LogP contribution >= 0.6 is 0 Å². The van der Waals surface area contributed by atoms with Gasteiger partial charge in [0.25, 0.3) is 0 Å². The SMILES string of the molecule is CC(C)C(C)C1=C(C(C)(C)C)C2N=CNC2C=C1. The van der Waals surface area contributed by atoms with Crippen molar-refractivity contribution in [2.45, 2.75) is 53.6 Å². The third-order valence-electron chi connectivity index (χ3n) is 4.23. The zero-order chi connectivity index (χ0) is 13.5. The number of rotatable bonds is 2. The first-order chi connectivity index (χ1) is 8.32. The number of nitrogens with one attached hydrogen (secondary N) is 1. The van der Waals surface area contributed by atoms with Crippen molar-refractivity contribution in [2.24, 2.45) is 22.2 Å². The summed E-state index contributed by atoms with van der Waals surface area (Å²) in [6.07, 6.45) is 6.48. The van der Waals surface area contributed by atoms with Gasteiger partial charge in [-0.05, 0) is 28.4 Å². The Morgan fingerprint density at radius 1 is 1.22 bits per heavy atom. The molecule has 2 rings (SSSR count). The standard InChI is InChI=1S/C16H26N2/c1-10(2)11(3)12-7-8-13-15(18-9-17-13)14(12)16(4,5)6/h7-11,13,15H,1-6H3,(H,17,18). The molecule has 0 aromatic rings. The number of nitrogens with zero attached hydrogens (tertiary/aromatic N) is 1. The van der Waals surface area contributed by atoms with E-state index in [9.17, 15) is 0 Å². The Balaban J connectivity index is 2.49. The van der Waals surface area contributed by atoms with Crippen molar-refractivity contribution in [3.63, 3.8) is 0 Å². The lowest BCUT2D eigenvalue weighted by Crippen LogP contribution is -2.38. The van der Waals surface area contributed by atoms with E-state index in [0.717, 1.165) is 0 Å². The third-order valence-corrected chi connectivity index (χ3v) is 4.23. The van der Waals surface area contributed by atoms with Crippen LogP contribution in [0.5, 0.6) is 0 Å². The van der Waals surface area contributed by atoms with Gasteiger partial charge >= 0.3 is 0 Å². The molecule has 1 heterocycles. The van der Waals surface area contributed by atoms with E-state index < -0.39 is 0 Å². The molecule has 2 nitrogen and oxygen atoms in total. The van der Waals surface area contributed by atoms with Crippen molar-refractivity contribution in [3.8, 4) is 0 Å². The van der Waals surface area contributed by atoms with Crippen molar-refractivity contribution in [1.82, 2.24) is 5.32 Å². The minimum Gasteiger partial charge on any atom is -0.368 e. The van der Waals surface area contributed by atoms with Gasteiger partial charge in [-0.1, -0.05) is 53.7 Å². The van der Waals surface area contributed by atoms with Gasteiger partial charge in [0.2, 0.25) is 0 Å². The van der Waals surface area contributed by atoms with E-state index in [2.05, 4.69) is 64.0 Å². The van der Waals surface area contributed by atoms with Gasteiger partial charge in [0.15, 0.2) is 0 Å². The highest BCUT2D eigenvalue weighted by atomic mass is 15.1. The summed E-state index contributed by atoms with van der Waals surface area (Å²) in [6, 6.07) is 0.661. The summed E-state index contributed by atoms with van der Waals surface area (Å²) in [5.41, 5.74) is 3.19. The molecular formula is C16H26N2. The normalized spacial score (nSPS) is 28.6. The van der Waals surface area contributed by atoms with Crippen molar-refractivity contribution < 1.29 is 0 Å². The average molecular weight is 246 g/mol. The maximum Gasteiger partial charge on any atom is 0.0974 e.